The molecular formula is C16H28O2. The van der Waals surface area contributed by atoms with E-state index in [1.54, 1.807) is 6.92 Å². The Bertz CT molecular complexity index is 369. The van der Waals surface area contributed by atoms with Gasteiger partial charge in [0.15, 0.2) is 5.78 Å². The van der Waals surface area contributed by atoms with Gasteiger partial charge in [0.05, 0.1) is 0 Å². The normalized spacial score (nSPS) is 51.9. The Morgan fingerprint density at radius 3 is 2.22 bits per heavy atom. The summed E-state index contributed by atoms with van der Waals surface area (Å²) < 4.78 is 0. The average Bonchev–Trinajstić information content (AvgIpc) is 2.52. The van der Waals surface area contributed by atoms with E-state index in [0.717, 1.165) is 0 Å². The van der Waals surface area contributed by atoms with Crippen molar-refractivity contribution in [1.82, 2.24) is 0 Å². The molecule has 2 saturated carbocycles. The maximum atomic E-state index is 12.5. The molecule has 2 nitrogen and oxygen atoms in total. The molecule has 0 bridgehead atoms. The molecule has 0 spiro atoms. The molecule has 1 unspecified atom stereocenters. The minimum Gasteiger partial charge on any atom is -0.382 e. The maximum absolute atomic E-state index is 12.5. The molecule has 0 aromatic heterocycles. The highest BCUT2D eigenvalue weighted by atomic mass is 16.3. The molecule has 0 saturated heterocycles. The number of hydrogen-bond acceptors (Lipinski definition) is 2. The van der Waals surface area contributed by atoms with Gasteiger partial charge >= 0.3 is 0 Å². The number of carbonyl (C=O) groups is 1. The summed E-state index contributed by atoms with van der Waals surface area (Å²) in [5.74, 6) is 1.16. The van der Waals surface area contributed by atoms with Crippen molar-refractivity contribution in [1.29, 1.82) is 0 Å². The van der Waals surface area contributed by atoms with Crippen LogP contribution in [0.3, 0.4) is 0 Å². The van der Waals surface area contributed by atoms with Gasteiger partial charge in [-0.25, -0.2) is 0 Å². The molecule has 1 N–H and O–H groups in total. The molecule has 0 aromatic carbocycles. The number of Topliss-reactive ketones (excluding diaryl/α,β-unsaturated/α-hetero) is 1. The van der Waals surface area contributed by atoms with Gasteiger partial charge in [-0.05, 0) is 48.3 Å². The van der Waals surface area contributed by atoms with Crippen molar-refractivity contribution < 1.29 is 9.90 Å². The van der Waals surface area contributed by atoms with E-state index in [-0.39, 0.29) is 22.5 Å². The van der Waals surface area contributed by atoms with Crippen LogP contribution in [0.2, 0.25) is 0 Å². The molecule has 0 radical (unpaired) electrons. The summed E-state index contributed by atoms with van der Waals surface area (Å²) in [6.45, 7) is 12.8. The van der Waals surface area contributed by atoms with Crippen molar-refractivity contribution in [3.05, 3.63) is 0 Å². The van der Waals surface area contributed by atoms with E-state index in [2.05, 4.69) is 27.7 Å². The fourth-order valence-electron chi connectivity index (χ4n) is 4.73. The van der Waals surface area contributed by atoms with E-state index < -0.39 is 5.60 Å². The van der Waals surface area contributed by atoms with E-state index in [0.29, 0.717) is 18.3 Å². The Balaban J connectivity index is 2.54. The quantitative estimate of drug-likeness (QED) is 0.717. The Labute approximate surface area is 111 Å². The lowest BCUT2D eigenvalue weighted by Gasteiger charge is -2.46. The van der Waals surface area contributed by atoms with Gasteiger partial charge in [-0.15, -0.1) is 0 Å². The van der Waals surface area contributed by atoms with Crippen molar-refractivity contribution in [3.63, 3.8) is 0 Å². The summed E-state index contributed by atoms with van der Waals surface area (Å²) in [4.78, 5) is 12.5. The fraction of sp³-hybridized carbons (Fsp3) is 0.938. The predicted molar refractivity (Wildman–Crippen MR) is 73.2 cm³/mol. The molecule has 0 amide bonds. The molecule has 0 heterocycles. The van der Waals surface area contributed by atoms with Gasteiger partial charge in [0.25, 0.3) is 0 Å². The maximum Gasteiger partial charge on any atom is 0.164 e. The van der Waals surface area contributed by atoms with Gasteiger partial charge in [-0.2, -0.15) is 0 Å². The molecule has 104 valence electrons. The highest BCUT2D eigenvalue weighted by Gasteiger charge is 2.60. The minimum atomic E-state index is -1.17. The second-order valence-corrected chi connectivity index (χ2v) is 7.83. The second kappa shape index (κ2) is 3.82. The number of rotatable bonds is 0. The Kier molecular flexibility index (Phi) is 2.98. The number of hydrogen-bond donors (Lipinski definition) is 1. The lowest BCUT2D eigenvalue weighted by atomic mass is 9.59. The molecule has 2 rings (SSSR count). The van der Waals surface area contributed by atoms with Gasteiger partial charge in [0, 0.05) is 6.42 Å². The van der Waals surface area contributed by atoms with Crippen LogP contribution in [0.4, 0.5) is 0 Å². The topological polar surface area (TPSA) is 37.3 Å². The summed E-state index contributed by atoms with van der Waals surface area (Å²) >= 11 is 0. The third kappa shape index (κ3) is 1.61. The molecule has 2 aliphatic rings. The lowest BCUT2D eigenvalue weighted by molar-refractivity contribution is -0.144. The van der Waals surface area contributed by atoms with Crippen LogP contribution in [-0.2, 0) is 4.79 Å². The van der Waals surface area contributed by atoms with Gasteiger partial charge in [0.1, 0.15) is 5.60 Å². The van der Waals surface area contributed by atoms with Crippen LogP contribution in [0, 0.1) is 28.6 Å². The average molecular weight is 252 g/mol. The molecule has 2 heteroatoms. The highest BCUT2D eigenvalue weighted by Crippen LogP contribution is 2.62. The Morgan fingerprint density at radius 2 is 1.67 bits per heavy atom. The van der Waals surface area contributed by atoms with Crippen LogP contribution in [0.5, 0.6) is 0 Å². The van der Waals surface area contributed by atoms with Crippen molar-refractivity contribution >= 4 is 5.78 Å². The number of carbonyl (C=O) groups excluding carboxylic acids is 1. The summed E-state index contributed by atoms with van der Waals surface area (Å²) in [6.07, 6.45) is 2.95. The SMILES string of the molecule is C[C@@H]1C(C)(C)C2CC[C@@H](C)[C@@]2(C)CC(=O)[C@]1(C)O. The first-order valence-electron chi connectivity index (χ1n) is 7.30. The van der Waals surface area contributed by atoms with Gasteiger partial charge in [-0.3, -0.25) is 4.79 Å². The van der Waals surface area contributed by atoms with Gasteiger partial charge in [0.2, 0.25) is 0 Å². The first-order chi connectivity index (χ1) is 8.04. The zero-order valence-electron chi connectivity index (χ0n) is 12.7. The van der Waals surface area contributed by atoms with Crippen LogP contribution >= 0.6 is 0 Å². The van der Waals surface area contributed by atoms with Gasteiger partial charge < -0.3 is 5.11 Å². The molecule has 2 fully saturated rings. The van der Waals surface area contributed by atoms with E-state index in [9.17, 15) is 9.90 Å². The smallest absolute Gasteiger partial charge is 0.164 e. The van der Waals surface area contributed by atoms with Crippen LogP contribution < -0.4 is 0 Å². The molecule has 0 aliphatic heterocycles. The standard InChI is InChI=1S/C16H28O2/c1-10-7-8-12-14(3,4)11(2)16(6,18)13(17)9-15(10,12)5/h10-12,18H,7-9H2,1-6H3/t10-,11-,12?,15-,16-/m1/s1. The predicted octanol–water partition coefficient (Wildman–Crippen LogP) is 3.42. The number of fused-ring (bicyclic) bond motifs is 1. The van der Waals surface area contributed by atoms with Crippen LogP contribution in [0.15, 0.2) is 0 Å². The third-order valence-electron chi connectivity index (χ3n) is 6.77. The van der Waals surface area contributed by atoms with E-state index in [1.807, 2.05) is 6.92 Å². The second-order valence-electron chi connectivity index (χ2n) is 7.83. The lowest BCUT2D eigenvalue weighted by Crippen LogP contribution is -2.47. The summed E-state index contributed by atoms with van der Waals surface area (Å²) in [5, 5.41) is 10.6. The molecule has 5 atom stereocenters. The van der Waals surface area contributed by atoms with Crippen molar-refractivity contribution in [2.75, 3.05) is 0 Å². The summed E-state index contributed by atoms with van der Waals surface area (Å²) in [5.41, 5.74) is -1.10. The van der Waals surface area contributed by atoms with Crippen LogP contribution in [-0.4, -0.2) is 16.5 Å². The largest absolute Gasteiger partial charge is 0.382 e. The van der Waals surface area contributed by atoms with E-state index in [4.69, 9.17) is 0 Å². The first-order valence-corrected chi connectivity index (χ1v) is 7.30. The van der Waals surface area contributed by atoms with Crippen LogP contribution in [0.1, 0.15) is 60.8 Å². The summed E-state index contributed by atoms with van der Waals surface area (Å²) in [7, 11) is 0. The first kappa shape index (κ1) is 14.0. The Morgan fingerprint density at radius 1 is 1.11 bits per heavy atom. The fourth-order valence-corrected chi connectivity index (χ4v) is 4.73. The molecule has 0 aromatic rings. The van der Waals surface area contributed by atoms with Crippen molar-refractivity contribution in [3.8, 4) is 0 Å². The third-order valence-corrected chi connectivity index (χ3v) is 6.77. The summed E-state index contributed by atoms with van der Waals surface area (Å²) in [6, 6.07) is 0. The Hall–Kier alpha value is -0.370. The van der Waals surface area contributed by atoms with Crippen molar-refractivity contribution in [2.45, 2.75) is 66.4 Å². The molecule has 18 heavy (non-hydrogen) atoms. The van der Waals surface area contributed by atoms with E-state index >= 15 is 0 Å². The molecule has 2 aliphatic carbocycles. The number of ketones is 1. The zero-order chi connectivity index (χ0) is 13.9. The van der Waals surface area contributed by atoms with Gasteiger partial charge in [-0.1, -0.05) is 34.6 Å². The van der Waals surface area contributed by atoms with E-state index in [1.165, 1.54) is 12.8 Å². The van der Waals surface area contributed by atoms with Crippen molar-refractivity contribution in [2.24, 2.45) is 28.6 Å². The highest BCUT2D eigenvalue weighted by molar-refractivity contribution is 5.88. The minimum absolute atomic E-state index is 0.00891. The van der Waals surface area contributed by atoms with Crippen LogP contribution in [0.25, 0.3) is 0 Å². The zero-order valence-corrected chi connectivity index (χ0v) is 12.7. The number of aliphatic hydroxyl groups is 1. The monoisotopic (exact) mass is 252 g/mol. The molecular weight excluding hydrogens is 224 g/mol.